The lowest BCUT2D eigenvalue weighted by Crippen LogP contribution is -2.43. The van der Waals surface area contributed by atoms with Gasteiger partial charge >= 0.3 is 0 Å². The van der Waals surface area contributed by atoms with E-state index in [4.69, 9.17) is 4.74 Å². The van der Waals surface area contributed by atoms with Crippen LogP contribution in [0.4, 0.5) is 5.69 Å². The quantitative estimate of drug-likeness (QED) is 0.627. The zero-order chi connectivity index (χ0) is 22.5. The number of hydrogen-bond acceptors (Lipinski definition) is 5. The van der Waals surface area contributed by atoms with Gasteiger partial charge in [0.05, 0.1) is 18.6 Å². The molecular weight excluding hydrogens is 394 g/mol. The van der Waals surface area contributed by atoms with Gasteiger partial charge in [0.15, 0.2) is 5.82 Å². The molecule has 1 fully saturated rings. The molecule has 8 heteroatoms. The van der Waals surface area contributed by atoms with Crippen LogP contribution in [0.3, 0.4) is 0 Å². The molecule has 3 atom stereocenters. The molecule has 0 aliphatic carbocycles. The maximum atomic E-state index is 12.5. The van der Waals surface area contributed by atoms with Crippen molar-refractivity contribution in [1.82, 2.24) is 20.5 Å². The monoisotopic (exact) mass is 427 g/mol. The Bertz CT molecular complexity index is 908. The van der Waals surface area contributed by atoms with E-state index in [1.54, 1.807) is 6.92 Å². The molecule has 1 aliphatic rings. The second-order valence-electron chi connectivity index (χ2n) is 8.92. The number of hydrogen-bond donors (Lipinski definition) is 3. The van der Waals surface area contributed by atoms with Gasteiger partial charge in [-0.2, -0.15) is 5.10 Å². The number of aromatic nitrogens is 3. The fourth-order valence-corrected chi connectivity index (χ4v) is 3.83. The van der Waals surface area contributed by atoms with Crippen molar-refractivity contribution in [2.24, 2.45) is 5.92 Å². The lowest BCUT2D eigenvalue weighted by molar-refractivity contribution is -0.123. The van der Waals surface area contributed by atoms with Crippen LogP contribution in [0.15, 0.2) is 24.3 Å². The minimum absolute atomic E-state index is 0.0257. The molecule has 2 amide bonds. The maximum absolute atomic E-state index is 12.5. The Balaban J connectivity index is 1.67. The van der Waals surface area contributed by atoms with E-state index in [9.17, 15) is 9.59 Å². The molecule has 1 saturated heterocycles. The first-order chi connectivity index (χ1) is 14.7. The third-order valence-corrected chi connectivity index (χ3v) is 5.44. The Hall–Kier alpha value is -2.74. The van der Waals surface area contributed by atoms with Crippen LogP contribution in [0, 0.1) is 5.92 Å². The molecule has 1 aromatic carbocycles. The van der Waals surface area contributed by atoms with Crippen LogP contribution in [0.1, 0.15) is 76.7 Å². The summed E-state index contributed by atoms with van der Waals surface area (Å²) in [7, 11) is 0. The number of aromatic amines is 1. The summed E-state index contributed by atoms with van der Waals surface area (Å²) < 4.78 is 6.34. The highest BCUT2D eigenvalue weighted by atomic mass is 16.5. The summed E-state index contributed by atoms with van der Waals surface area (Å²) in [6, 6.07) is 7.78. The molecule has 0 radical (unpaired) electrons. The summed E-state index contributed by atoms with van der Waals surface area (Å²) in [5.74, 6) is 1.61. The number of rotatable bonds is 7. The van der Waals surface area contributed by atoms with Crippen molar-refractivity contribution in [3.63, 3.8) is 0 Å². The Morgan fingerprint density at radius 3 is 2.65 bits per heavy atom. The molecule has 0 bridgehead atoms. The summed E-state index contributed by atoms with van der Waals surface area (Å²) in [5.41, 5.74) is 1.69. The van der Waals surface area contributed by atoms with Gasteiger partial charge in [-0.05, 0) is 36.5 Å². The number of anilines is 1. The van der Waals surface area contributed by atoms with Gasteiger partial charge in [0, 0.05) is 24.6 Å². The van der Waals surface area contributed by atoms with E-state index in [0.29, 0.717) is 29.7 Å². The lowest BCUT2D eigenvalue weighted by Gasteiger charge is -2.38. The van der Waals surface area contributed by atoms with Crippen LogP contribution in [-0.2, 0) is 20.7 Å². The van der Waals surface area contributed by atoms with E-state index in [1.807, 2.05) is 38.1 Å². The fraction of sp³-hybridized carbons (Fsp3) is 0.565. The molecule has 8 nitrogen and oxygen atoms in total. The number of nitrogens with one attached hydrogen (secondary N) is 3. The van der Waals surface area contributed by atoms with Gasteiger partial charge in [0.1, 0.15) is 5.82 Å². The molecule has 3 rings (SSSR count). The second kappa shape index (κ2) is 10.0. The number of benzene rings is 1. The maximum Gasteiger partial charge on any atom is 0.232 e. The predicted octanol–water partition coefficient (Wildman–Crippen LogP) is 3.49. The predicted molar refractivity (Wildman–Crippen MR) is 119 cm³/mol. The zero-order valence-corrected chi connectivity index (χ0v) is 18.9. The largest absolute Gasteiger partial charge is 0.370 e. The second-order valence-corrected chi connectivity index (χ2v) is 8.92. The van der Waals surface area contributed by atoms with Crippen molar-refractivity contribution in [3.05, 3.63) is 41.5 Å². The van der Waals surface area contributed by atoms with Gasteiger partial charge in [0.2, 0.25) is 11.8 Å². The van der Waals surface area contributed by atoms with Crippen LogP contribution in [0.2, 0.25) is 0 Å². The number of amides is 2. The Labute approximate surface area is 183 Å². The molecule has 2 aromatic rings. The van der Waals surface area contributed by atoms with E-state index in [2.05, 4.69) is 39.7 Å². The topological polar surface area (TPSA) is 109 Å². The molecule has 1 aliphatic heterocycles. The summed E-state index contributed by atoms with van der Waals surface area (Å²) in [4.78, 5) is 28.4. The van der Waals surface area contributed by atoms with E-state index in [1.165, 1.54) is 0 Å². The Morgan fingerprint density at radius 2 is 2.00 bits per heavy atom. The minimum Gasteiger partial charge on any atom is -0.370 e. The van der Waals surface area contributed by atoms with E-state index in [0.717, 1.165) is 12.0 Å². The molecule has 1 aromatic heterocycles. The smallest absolute Gasteiger partial charge is 0.232 e. The van der Waals surface area contributed by atoms with E-state index in [-0.39, 0.29) is 42.4 Å². The first kappa shape index (κ1) is 22.9. The molecule has 0 spiro atoms. The number of carbonyl (C=O) groups excluding carboxylic acids is 2. The normalized spacial score (nSPS) is 21.3. The molecule has 168 valence electrons. The van der Waals surface area contributed by atoms with Crippen molar-refractivity contribution in [2.75, 3.05) is 5.32 Å². The standard InChI is InChI=1S/C23H33N5O3/c1-13(2)19-10-18(24-15(5)29)11-20(31-19)16-7-6-8-17(9-16)25-22(30)12-21-26-23(14(3)4)28-27-21/h6-9,13-14,18-20H,10-12H2,1-5H3,(H,24,29)(H,25,30)(H,26,27,28)/t18-,19-,20+/m1/s1. The van der Waals surface area contributed by atoms with Gasteiger partial charge < -0.3 is 15.4 Å². The molecular formula is C23H33N5O3. The highest BCUT2D eigenvalue weighted by molar-refractivity contribution is 5.91. The summed E-state index contributed by atoms with van der Waals surface area (Å²) in [5, 5.41) is 12.9. The van der Waals surface area contributed by atoms with Crippen LogP contribution in [-0.4, -0.2) is 39.1 Å². The average molecular weight is 428 g/mol. The van der Waals surface area contributed by atoms with Crippen LogP contribution in [0.25, 0.3) is 0 Å². The highest BCUT2D eigenvalue weighted by Crippen LogP contribution is 2.35. The average Bonchev–Trinajstić information content (AvgIpc) is 3.16. The first-order valence-corrected chi connectivity index (χ1v) is 10.9. The summed E-state index contributed by atoms with van der Waals surface area (Å²) in [6.45, 7) is 9.81. The zero-order valence-electron chi connectivity index (χ0n) is 18.9. The first-order valence-electron chi connectivity index (χ1n) is 10.9. The van der Waals surface area contributed by atoms with Crippen molar-refractivity contribution in [2.45, 2.75) is 78.0 Å². The molecule has 3 N–H and O–H groups in total. The van der Waals surface area contributed by atoms with Crippen LogP contribution in [0.5, 0.6) is 0 Å². The van der Waals surface area contributed by atoms with Gasteiger partial charge in [-0.1, -0.05) is 39.8 Å². The molecule has 2 heterocycles. The van der Waals surface area contributed by atoms with Crippen molar-refractivity contribution in [1.29, 1.82) is 0 Å². The third-order valence-electron chi connectivity index (χ3n) is 5.44. The summed E-state index contributed by atoms with van der Waals surface area (Å²) in [6.07, 6.45) is 1.56. The molecule has 0 saturated carbocycles. The number of ether oxygens (including phenoxy) is 1. The van der Waals surface area contributed by atoms with Crippen molar-refractivity contribution < 1.29 is 14.3 Å². The fourth-order valence-electron chi connectivity index (χ4n) is 3.83. The highest BCUT2D eigenvalue weighted by Gasteiger charge is 2.32. The summed E-state index contributed by atoms with van der Waals surface area (Å²) >= 11 is 0. The van der Waals surface area contributed by atoms with Gasteiger partial charge in [-0.25, -0.2) is 4.98 Å². The van der Waals surface area contributed by atoms with Crippen LogP contribution >= 0.6 is 0 Å². The third kappa shape index (κ3) is 6.37. The minimum atomic E-state index is -0.163. The number of carbonyl (C=O) groups is 2. The van der Waals surface area contributed by atoms with E-state index >= 15 is 0 Å². The number of H-pyrrole nitrogens is 1. The van der Waals surface area contributed by atoms with Crippen molar-refractivity contribution >= 4 is 17.5 Å². The van der Waals surface area contributed by atoms with Crippen molar-refractivity contribution in [3.8, 4) is 0 Å². The SMILES string of the molecule is CC(=O)N[C@H]1C[C@@H](c2cccc(NC(=O)Cc3nc(C(C)C)n[nH]3)c2)O[C@@H](C(C)C)C1. The molecule has 0 unspecified atom stereocenters. The number of nitrogens with zero attached hydrogens (tertiary/aromatic N) is 2. The lowest BCUT2D eigenvalue weighted by atomic mass is 9.89. The van der Waals surface area contributed by atoms with Gasteiger partial charge in [-0.3, -0.25) is 14.7 Å². The van der Waals surface area contributed by atoms with Gasteiger partial charge in [0.25, 0.3) is 0 Å². The van der Waals surface area contributed by atoms with E-state index < -0.39 is 0 Å². The van der Waals surface area contributed by atoms with Gasteiger partial charge in [-0.15, -0.1) is 0 Å². The Morgan fingerprint density at radius 1 is 1.23 bits per heavy atom. The molecule has 31 heavy (non-hydrogen) atoms. The Kier molecular flexibility index (Phi) is 7.43. The van der Waals surface area contributed by atoms with Crippen LogP contribution < -0.4 is 10.6 Å².